The second kappa shape index (κ2) is 7.90. The molecule has 4 nitrogen and oxygen atoms in total. The molecule has 3 rings (SSSR count). The molecule has 0 aliphatic carbocycles. The number of anilines is 2. The number of hydrogen-bond donors (Lipinski definition) is 2. The average Bonchev–Trinajstić information content (AvgIpc) is 2.65. The first kappa shape index (κ1) is 18.4. The van der Waals surface area contributed by atoms with Crippen molar-refractivity contribution in [2.24, 2.45) is 0 Å². The van der Waals surface area contributed by atoms with E-state index in [1.165, 1.54) is 12.3 Å². The molecule has 0 radical (unpaired) electrons. The Balaban J connectivity index is 1.64. The fourth-order valence-electron chi connectivity index (χ4n) is 2.48. The molecular formula is C20H16F3N3O. The molecule has 1 aromatic heterocycles. The van der Waals surface area contributed by atoms with Crippen LogP contribution in [0.2, 0.25) is 0 Å². The molecule has 0 fully saturated rings. The Bertz CT molecular complexity index is 975. The van der Waals surface area contributed by atoms with E-state index in [9.17, 15) is 18.0 Å². The van der Waals surface area contributed by atoms with E-state index in [2.05, 4.69) is 21.7 Å². The number of amides is 1. The average molecular weight is 371 g/mol. The van der Waals surface area contributed by atoms with Crippen molar-refractivity contribution in [1.82, 2.24) is 4.98 Å². The first-order valence-electron chi connectivity index (χ1n) is 8.14. The van der Waals surface area contributed by atoms with Crippen LogP contribution in [-0.4, -0.2) is 10.9 Å². The monoisotopic (exact) mass is 371 g/mol. The molecule has 1 amide bonds. The van der Waals surface area contributed by atoms with E-state index in [-0.39, 0.29) is 5.82 Å². The molecule has 1 heterocycles. The van der Waals surface area contributed by atoms with E-state index in [0.717, 1.165) is 22.9 Å². The van der Waals surface area contributed by atoms with Gasteiger partial charge in [-0.3, -0.25) is 4.79 Å². The number of benzene rings is 2. The third-order valence-corrected chi connectivity index (χ3v) is 3.86. The second-order valence-electron chi connectivity index (χ2n) is 5.95. The molecule has 0 unspecified atom stereocenters. The van der Waals surface area contributed by atoms with Gasteiger partial charge in [0, 0.05) is 6.54 Å². The molecule has 27 heavy (non-hydrogen) atoms. The maximum atomic E-state index is 13.7. The lowest BCUT2D eigenvalue weighted by molar-refractivity contribution is 0.102. The highest BCUT2D eigenvalue weighted by Crippen LogP contribution is 2.17. The number of carbonyl (C=O) groups excluding carboxylic acids is 1. The summed E-state index contributed by atoms with van der Waals surface area (Å²) in [7, 11) is 0. The van der Waals surface area contributed by atoms with E-state index in [1.807, 2.05) is 25.1 Å². The Kier molecular flexibility index (Phi) is 5.40. The molecule has 138 valence electrons. The first-order chi connectivity index (χ1) is 12.9. The van der Waals surface area contributed by atoms with Gasteiger partial charge in [0.15, 0.2) is 17.5 Å². The van der Waals surface area contributed by atoms with Crippen LogP contribution in [-0.2, 0) is 6.54 Å². The van der Waals surface area contributed by atoms with Crippen molar-refractivity contribution in [2.45, 2.75) is 13.5 Å². The van der Waals surface area contributed by atoms with Crippen molar-refractivity contribution in [3.05, 3.63) is 88.9 Å². The number of pyridine rings is 1. The number of aromatic nitrogens is 1. The molecule has 0 atom stereocenters. The third-order valence-electron chi connectivity index (χ3n) is 3.86. The molecule has 2 N–H and O–H groups in total. The molecule has 0 saturated heterocycles. The summed E-state index contributed by atoms with van der Waals surface area (Å²) < 4.78 is 39.8. The second-order valence-corrected chi connectivity index (χ2v) is 5.95. The fourth-order valence-corrected chi connectivity index (χ4v) is 2.48. The topological polar surface area (TPSA) is 54.0 Å². The van der Waals surface area contributed by atoms with E-state index in [0.29, 0.717) is 12.6 Å². The minimum atomic E-state index is -1.69. The van der Waals surface area contributed by atoms with Crippen LogP contribution < -0.4 is 10.6 Å². The van der Waals surface area contributed by atoms with Crippen LogP contribution in [0, 0.1) is 24.4 Å². The molecule has 0 spiro atoms. The molecule has 3 aromatic rings. The Hall–Kier alpha value is -3.35. The quantitative estimate of drug-likeness (QED) is 0.641. The summed E-state index contributed by atoms with van der Waals surface area (Å²) in [5, 5.41) is 5.54. The predicted molar refractivity (Wildman–Crippen MR) is 97.0 cm³/mol. The van der Waals surface area contributed by atoms with Crippen molar-refractivity contribution < 1.29 is 18.0 Å². The van der Waals surface area contributed by atoms with Crippen LogP contribution in [0.25, 0.3) is 0 Å². The number of carbonyl (C=O) groups is 1. The van der Waals surface area contributed by atoms with Gasteiger partial charge in [-0.05, 0) is 36.8 Å². The van der Waals surface area contributed by atoms with Gasteiger partial charge in [0.2, 0.25) is 0 Å². The molecular weight excluding hydrogens is 355 g/mol. The number of hydrogen-bond acceptors (Lipinski definition) is 3. The standard InChI is InChI=1S/C20H16F3N3O/c1-12-3-2-4-13(9-12)10-24-14-5-8-17(25-11-14)26-20(27)15-6-7-16(21)19(23)18(15)22/h2-9,11,24H,10H2,1H3,(H,25,26,27). The summed E-state index contributed by atoms with van der Waals surface area (Å²) in [6.45, 7) is 2.62. The highest BCUT2D eigenvalue weighted by atomic mass is 19.2. The van der Waals surface area contributed by atoms with Crippen molar-refractivity contribution in [3.8, 4) is 0 Å². The van der Waals surface area contributed by atoms with Gasteiger partial charge >= 0.3 is 0 Å². The Morgan fingerprint density at radius 3 is 2.56 bits per heavy atom. The van der Waals surface area contributed by atoms with Gasteiger partial charge in [0.1, 0.15) is 5.82 Å². The van der Waals surface area contributed by atoms with Gasteiger partial charge in [-0.1, -0.05) is 29.8 Å². The van der Waals surface area contributed by atoms with Gasteiger partial charge in [0.05, 0.1) is 17.4 Å². The van der Waals surface area contributed by atoms with Gasteiger partial charge in [-0.25, -0.2) is 18.2 Å². The van der Waals surface area contributed by atoms with Crippen LogP contribution in [0.4, 0.5) is 24.7 Å². The first-order valence-corrected chi connectivity index (χ1v) is 8.14. The van der Waals surface area contributed by atoms with Crippen molar-refractivity contribution in [1.29, 1.82) is 0 Å². The molecule has 7 heteroatoms. The smallest absolute Gasteiger partial charge is 0.259 e. The summed E-state index contributed by atoms with van der Waals surface area (Å²) in [5.41, 5.74) is 2.40. The zero-order valence-electron chi connectivity index (χ0n) is 14.4. The lowest BCUT2D eigenvalue weighted by Crippen LogP contribution is -2.16. The van der Waals surface area contributed by atoms with Crippen LogP contribution in [0.1, 0.15) is 21.5 Å². The summed E-state index contributed by atoms with van der Waals surface area (Å²) in [6.07, 6.45) is 1.51. The molecule has 0 aliphatic rings. The van der Waals surface area contributed by atoms with Crippen LogP contribution >= 0.6 is 0 Å². The van der Waals surface area contributed by atoms with Gasteiger partial charge < -0.3 is 10.6 Å². The minimum absolute atomic E-state index is 0.158. The lowest BCUT2D eigenvalue weighted by Gasteiger charge is -2.09. The van der Waals surface area contributed by atoms with E-state index < -0.39 is 28.9 Å². The maximum absolute atomic E-state index is 13.7. The molecule has 2 aromatic carbocycles. The predicted octanol–water partition coefficient (Wildman–Crippen LogP) is 4.67. The zero-order chi connectivity index (χ0) is 19.4. The van der Waals surface area contributed by atoms with Gasteiger partial charge in [-0.2, -0.15) is 0 Å². The Labute approximate surface area is 154 Å². The number of nitrogens with zero attached hydrogens (tertiary/aromatic N) is 1. The SMILES string of the molecule is Cc1cccc(CNc2ccc(NC(=O)c3ccc(F)c(F)c3F)nc2)c1. The Morgan fingerprint density at radius 2 is 1.85 bits per heavy atom. The van der Waals surface area contributed by atoms with Crippen molar-refractivity contribution >= 4 is 17.4 Å². The summed E-state index contributed by atoms with van der Waals surface area (Å²) >= 11 is 0. The lowest BCUT2D eigenvalue weighted by atomic mass is 10.1. The van der Waals surface area contributed by atoms with Crippen molar-refractivity contribution in [2.75, 3.05) is 10.6 Å². The van der Waals surface area contributed by atoms with E-state index >= 15 is 0 Å². The largest absolute Gasteiger partial charge is 0.380 e. The van der Waals surface area contributed by atoms with Crippen LogP contribution in [0.15, 0.2) is 54.7 Å². The highest BCUT2D eigenvalue weighted by molar-refractivity contribution is 6.04. The molecule has 0 saturated carbocycles. The number of halogens is 3. The van der Waals surface area contributed by atoms with Gasteiger partial charge in [0.25, 0.3) is 5.91 Å². The summed E-state index contributed by atoms with van der Waals surface area (Å²) in [4.78, 5) is 16.1. The van der Waals surface area contributed by atoms with Crippen LogP contribution in [0.5, 0.6) is 0 Å². The Morgan fingerprint density at radius 1 is 1.04 bits per heavy atom. The number of rotatable bonds is 5. The van der Waals surface area contributed by atoms with Crippen LogP contribution in [0.3, 0.4) is 0 Å². The fraction of sp³-hybridized carbons (Fsp3) is 0.100. The summed E-state index contributed by atoms with van der Waals surface area (Å²) in [6, 6.07) is 12.8. The normalized spacial score (nSPS) is 10.5. The van der Waals surface area contributed by atoms with E-state index in [4.69, 9.17) is 0 Å². The highest BCUT2D eigenvalue weighted by Gasteiger charge is 2.19. The van der Waals surface area contributed by atoms with Gasteiger partial charge in [-0.15, -0.1) is 0 Å². The maximum Gasteiger partial charge on any atom is 0.259 e. The molecule has 0 aliphatic heterocycles. The van der Waals surface area contributed by atoms with Crippen molar-refractivity contribution in [3.63, 3.8) is 0 Å². The molecule has 0 bridgehead atoms. The number of aryl methyl sites for hydroxylation is 1. The summed E-state index contributed by atoms with van der Waals surface area (Å²) in [5.74, 6) is -5.34. The number of nitrogens with one attached hydrogen (secondary N) is 2. The third kappa shape index (κ3) is 4.44. The van der Waals surface area contributed by atoms with E-state index in [1.54, 1.807) is 6.07 Å². The zero-order valence-corrected chi connectivity index (χ0v) is 14.4. The minimum Gasteiger partial charge on any atom is -0.380 e.